The van der Waals surface area contributed by atoms with E-state index in [9.17, 15) is 0 Å². The third kappa shape index (κ3) is 2.27. The van der Waals surface area contributed by atoms with E-state index in [4.69, 9.17) is 5.73 Å². The molecule has 0 bridgehead atoms. The predicted octanol–water partition coefficient (Wildman–Crippen LogP) is 5.60. The van der Waals surface area contributed by atoms with Crippen LogP contribution in [0.1, 0.15) is 16.5 Å². The van der Waals surface area contributed by atoms with Crippen LogP contribution in [0.5, 0.6) is 0 Å². The van der Waals surface area contributed by atoms with Gasteiger partial charge in [-0.1, -0.05) is 0 Å². The van der Waals surface area contributed by atoms with Gasteiger partial charge in [0.05, 0.1) is 13.6 Å². The Balaban J connectivity index is 2.04. The summed E-state index contributed by atoms with van der Waals surface area (Å²) in [5.74, 6) is 0. The van der Waals surface area contributed by atoms with Gasteiger partial charge in [-0.15, -0.1) is 34.0 Å². The van der Waals surface area contributed by atoms with Crippen molar-refractivity contribution in [2.75, 3.05) is 0 Å². The summed E-state index contributed by atoms with van der Waals surface area (Å²) >= 11 is 12.3. The smallest absolute Gasteiger partial charge is 0.0761 e. The van der Waals surface area contributed by atoms with Crippen LogP contribution >= 0.6 is 65.9 Å². The molecule has 0 aliphatic heterocycles. The van der Waals surface area contributed by atoms with Gasteiger partial charge in [-0.05, 0) is 55.4 Å². The monoisotopic (exact) mass is 407 g/mol. The number of nitrogens with two attached hydrogens (primary N) is 1. The maximum atomic E-state index is 6.32. The summed E-state index contributed by atoms with van der Waals surface area (Å²) in [4.78, 5) is 1.22. The molecule has 0 aliphatic carbocycles. The molecule has 3 aromatic heterocycles. The third-order valence-electron chi connectivity index (χ3n) is 2.48. The summed E-state index contributed by atoms with van der Waals surface area (Å²) in [6.07, 6.45) is 0. The highest BCUT2D eigenvalue weighted by Gasteiger charge is 2.17. The molecule has 1 nitrogen and oxygen atoms in total. The molecule has 3 heterocycles. The van der Waals surface area contributed by atoms with Gasteiger partial charge >= 0.3 is 0 Å². The van der Waals surface area contributed by atoms with Crippen molar-refractivity contribution in [1.29, 1.82) is 0 Å². The Morgan fingerprint density at radius 2 is 1.94 bits per heavy atom. The van der Waals surface area contributed by atoms with Crippen LogP contribution in [0.25, 0.3) is 9.40 Å². The summed E-state index contributed by atoms with van der Waals surface area (Å²) < 4.78 is 4.86. The standard InChI is InChI=1S/C11H7Br2NS3/c12-9-3-5(11(13)17-9)10(14)8-4-7-6(16-8)1-2-15-7/h1-4,10H,14H2. The lowest BCUT2D eigenvalue weighted by molar-refractivity contribution is 0.895. The van der Waals surface area contributed by atoms with Gasteiger partial charge in [0.1, 0.15) is 0 Å². The molecular weight excluding hydrogens is 402 g/mol. The van der Waals surface area contributed by atoms with Crippen LogP contribution < -0.4 is 5.73 Å². The second kappa shape index (κ2) is 4.75. The maximum absolute atomic E-state index is 6.32. The van der Waals surface area contributed by atoms with Crippen LogP contribution in [0.2, 0.25) is 0 Å². The minimum atomic E-state index is -0.0449. The number of hydrogen-bond donors (Lipinski definition) is 1. The van der Waals surface area contributed by atoms with Gasteiger partial charge in [-0.2, -0.15) is 0 Å². The van der Waals surface area contributed by atoms with Crippen LogP contribution in [-0.4, -0.2) is 0 Å². The molecule has 0 aromatic carbocycles. The van der Waals surface area contributed by atoms with Crippen LogP contribution in [0.3, 0.4) is 0 Å². The lowest BCUT2D eigenvalue weighted by Gasteiger charge is -2.07. The first-order valence-electron chi connectivity index (χ1n) is 4.82. The van der Waals surface area contributed by atoms with Crippen molar-refractivity contribution in [3.63, 3.8) is 0 Å². The average Bonchev–Trinajstić information content (AvgIpc) is 2.90. The first kappa shape index (κ1) is 12.3. The molecule has 0 saturated heterocycles. The van der Waals surface area contributed by atoms with E-state index in [1.807, 2.05) is 0 Å². The van der Waals surface area contributed by atoms with E-state index in [1.54, 1.807) is 34.0 Å². The highest BCUT2D eigenvalue weighted by Crippen LogP contribution is 2.40. The average molecular weight is 409 g/mol. The summed E-state index contributed by atoms with van der Waals surface area (Å²) in [5, 5.41) is 2.12. The quantitative estimate of drug-likeness (QED) is 0.586. The number of fused-ring (bicyclic) bond motifs is 1. The van der Waals surface area contributed by atoms with Crippen molar-refractivity contribution in [3.8, 4) is 0 Å². The van der Waals surface area contributed by atoms with Crippen LogP contribution in [-0.2, 0) is 0 Å². The van der Waals surface area contributed by atoms with Crippen molar-refractivity contribution in [2.24, 2.45) is 5.73 Å². The molecule has 2 N–H and O–H groups in total. The molecule has 88 valence electrons. The number of halogens is 2. The second-order valence-corrected chi connectivity index (χ2v) is 9.37. The maximum Gasteiger partial charge on any atom is 0.0761 e. The van der Waals surface area contributed by atoms with Crippen LogP contribution in [0, 0.1) is 0 Å². The Morgan fingerprint density at radius 3 is 2.59 bits per heavy atom. The molecule has 3 aromatic rings. The normalized spacial score (nSPS) is 13.4. The van der Waals surface area contributed by atoms with E-state index in [2.05, 4.69) is 55.4 Å². The molecule has 6 heteroatoms. The number of thiophene rings is 3. The summed E-state index contributed by atoms with van der Waals surface area (Å²) in [7, 11) is 0. The molecule has 0 saturated carbocycles. The zero-order valence-corrected chi connectivity index (χ0v) is 14.1. The molecule has 0 spiro atoms. The van der Waals surface area contributed by atoms with Gasteiger partial charge in [-0.3, -0.25) is 0 Å². The van der Waals surface area contributed by atoms with Crippen molar-refractivity contribution < 1.29 is 0 Å². The topological polar surface area (TPSA) is 26.0 Å². The fraction of sp³-hybridized carbons (Fsp3) is 0.0909. The van der Waals surface area contributed by atoms with Crippen molar-refractivity contribution in [3.05, 3.63) is 41.6 Å². The van der Waals surface area contributed by atoms with Gasteiger partial charge in [0.15, 0.2) is 0 Å². The fourth-order valence-electron chi connectivity index (χ4n) is 1.66. The number of hydrogen-bond acceptors (Lipinski definition) is 4. The Bertz CT molecular complexity index is 639. The minimum Gasteiger partial charge on any atom is -0.320 e. The van der Waals surface area contributed by atoms with E-state index in [0.717, 1.165) is 13.1 Å². The Labute approximate surface area is 128 Å². The van der Waals surface area contributed by atoms with Crippen LogP contribution in [0.4, 0.5) is 0 Å². The van der Waals surface area contributed by atoms with E-state index in [0.29, 0.717) is 0 Å². The van der Waals surface area contributed by atoms with Crippen LogP contribution in [0.15, 0.2) is 31.2 Å². The molecule has 0 fully saturated rings. The third-order valence-corrected chi connectivity index (χ3v) is 7.05. The molecule has 17 heavy (non-hydrogen) atoms. The zero-order chi connectivity index (χ0) is 12.0. The molecule has 0 radical (unpaired) electrons. The van der Waals surface area contributed by atoms with E-state index in [1.165, 1.54) is 14.3 Å². The second-order valence-electron chi connectivity index (χ2n) is 3.56. The SMILES string of the molecule is NC(c1cc2sccc2s1)c1cc(Br)sc1Br. The molecule has 0 aliphatic rings. The molecule has 1 atom stereocenters. The van der Waals surface area contributed by atoms with Gasteiger partial charge < -0.3 is 5.73 Å². The Morgan fingerprint density at radius 1 is 1.12 bits per heavy atom. The number of rotatable bonds is 2. The van der Waals surface area contributed by atoms with E-state index < -0.39 is 0 Å². The molecule has 1 unspecified atom stereocenters. The molecule has 0 amide bonds. The summed E-state index contributed by atoms with van der Waals surface area (Å²) in [6, 6.07) is 6.40. The lowest BCUT2D eigenvalue weighted by Crippen LogP contribution is -2.09. The zero-order valence-electron chi connectivity index (χ0n) is 8.44. The largest absolute Gasteiger partial charge is 0.320 e. The fourth-order valence-corrected chi connectivity index (χ4v) is 6.73. The van der Waals surface area contributed by atoms with Crippen molar-refractivity contribution >= 4 is 75.3 Å². The van der Waals surface area contributed by atoms with Crippen molar-refractivity contribution in [2.45, 2.75) is 6.04 Å². The first-order chi connectivity index (χ1) is 8.15. The lowest BCUT2D eigenvalue weighted by atomic mass is 10.1. The molecule has 3 rings (SSSR count). The minimum absolute atomic E-state index is 0.0449. The Kier molecular flexibility index (Phi) is 3.44. The van der Waals surface area contributed by atoms with Gasteiger partial charge in [-0.25, -0.2) is 0 Å². The van der Waals surface area contributed by atoms with Gasteiger partial charge in [0.2, 0.25) is 0 Å². The summed E-state index contributed by atoms with van der Waals surface area (Å²) in [5.41, 5.74) is 7.47. The van der Waals surface area contributed by atoms with E-state index >= 15 is 0 Å². The first-order valence-corrected chi connectivity index (χ1v) is 8.92. The highest BCUT2D eigenvalue weighted by atomic mass is 79.9. The predicted molar refractivity (Wildman–Crippen MR) is 85.5 cm³/mol. The van der Waals surface area contributed by atoms with Crippen molar-refractivity contribution in [1.82, 2.24) is 0 Å². The van der Waals surface area contributed by atoms with E-state index in [-0.39, 0.29) is 6.04 Å². The van der Waals surface area contributed by atoms with Gasteiger partial charge in [0, 0.05) is 19.8 Å². The highest BCUT2D eigenvalue weighted by molar-refractivity contribution is 9.12. The van der Waals surface area contributed by atoms with Gasteiger partial charge in [0.25, 0.3) is 0 Å². The summed E-state index contributed by atoms with van der Waals surface area (Å²) in [6.45, 7) is 0. The molecular formula is C11H7Br2NS3. The Hall–Kier alpha value is 0.280.